The lowest BCUT2D eigenvalue weighted by atomic mass is 10.1. The van der Waals surface area contributed by atoms with Crippen molar-refractivity contribution in [1.29, 1.82) is 0 Å². The quantitative estimate of drug-likeness (QED) is 0.498. The molecule has 0 aromatic rings. The van der Waals surface area contributed by atoms with Gasteiger partial charge in [-0.25, -0.2) is 4.79 Å². The van der Waals surface area contributed by atoms with Crippen LogP contribution in [0.15, 0.2) is 12.2 Å². The van der Waals surface area contributed by atoms with Crippen LogP contribution >= 0.6 is 0 Å². The zero-order valence-corrected chi connectivity index (χ0v) is 8.97. The van der Waals surface area contributed by atoms with Crippen LogP contribution in [0, 0.1) is 0 Å². The van der Waals surface area contributed by atoms with Gasteiger partial charge in [0.25, 0.3) is 0 Å². The smallest absolute Gasteiger partial charge is 0.331 e. The maximum Gasteiger partial charge on any atom is 0.331 e. The summed E-state index contributed by atoms with van der Waals surface area (Å²) in [7, 11) is 0. The van der Waals surface area contributed by atoms with E-state index in [9.17, 15) is 14.4 Å². The summed E-state index contributed by atoms with van der Waals surface area (Å²) in [4.78, 5) is 32.3. The summed E-state index contributed by atoms with van der Waals surface area (Å²) < 4.78 is 14.5. The van der Waals surface area contributed by atoms with Gasteiger partial charge in [-0.15, -0.1) is 0 Å². The van der Waals surface area contributed by atoms with Crippen molar-refractivity contribution in [3.63, 3.8) is 0 Å². The lowest BCUT2D eigenvalue weighted by molar-refractivity contribution is -0.169. The molecule has 6 nitrogen and oxygen atoms in total. The van der Waals surface area contributed by atoms with Crippen molar-refractivity contribution in [2.45, 2.75) is 26.1 Å². The average molecular weight is 228 g/mol. The fourth-order valence-electron chi connectivity index (χ4n) is 1.19. The second kappa shape index (κ2) is 5.29. The van der Waals surface area contributed by atoms with Gasteiger partial charge in [-0.3, -0.25) is 9.59 Å². The monoisotopic (exact) mass is 228 g/mol. The molecule has 0 aromatic carbocycles. The van der Waals surface area contributed by atoms with Crippen molar-refractivity contribution >= 4 is 17.9 Å². The van der Waals surface area contributed by atoms with Crippen LogP contribution in [0.5, 0.6) is 0 Å². The van der Waals surface area contributed by atoms with Crippen molar-refractivity contribution in [3.8, 4) is 0 Å². The largest absolute Gasteiger partial charge is 0.462 e. The Morgan fingerprint density at radius 1 is 1.38 bits per heavy atom. The Hall–Kier alpha value is -1.85. The number of rotatable bonds is 3. The SMILES string of the molecule is CC(=O)OC[C@H]1OC(=O)C=C[C@@H]1OC(C)=O. The Morgan fingerprint density at radius 3 is 2.62 bits per heavy atom. The van der Waals surface area contributed by atoms with E-state index >= 15 is 0 Å². The molecule has 0 aliphatic carbocycles. The standard InChI is InChI=1S/C10H12O6/c1-6(11)14-5-9-8(15-7(2)12)3-4-10(13)16-9/h3-4,8-9H,5H2,1-2H3/t8-,9+/m0/s1. The Balaban J connectivity index is 2.62. The second-order valence-electron chi connectivity index (χ2n) is 3.21. The van der Waals surface area contributed by atoms with Gasteiger partial charge in [0.2, 0.25) is 0 Å². The predicted molar refractivity (Wildman–Crippen MR) is 51.2 cm³/mol. The van der Waals surface area contributed by atoms with Gasteiger partial charge in [-0.05, 0) is 6.08 Å². The van der Waals surface area contributed by atoms with Crippen LogP contribution < -0.4 is 0 Å². The minimum absolute atomic E-state index is 0.136. The van der Waals surface area contributed by atoms with Crippen molar-refractivity contribution in [2.75, 3.05) is 6.61 Å². The Kier molecular flexibility index (Phi) is 4.04. The maximum absolute atomic E-state index is 11.0. The third-order valence-electron chi connectivity index (χ3n) is 1.81. The molecule has 0 aromatic heterocycles. The zero-order chi connectivity index (χ0) is 12.1. The Morgan fingerprint density at radius 2 is 2.06 bits per heavy atom. The normalized spacial score (nSPS) is 23.5. The minimum atomic E-state index is -0.787. The van der Waals surface area contributed by atoms with Crippen LogP contribution in [0.1, 0.15) is 13.8 Å². The number of esters is 3. The van der Waals surface area contributed by atoms with Gasteiger partial charge in [0, 0.05) is 19.9 Å². The molecule has 1 heterocycles. The fraction of sp³-hybridized carbons (Fsp3) is 0.500. The van der Waals surface area contributed by atoms with Gasteiger partial charge in [0.1, 0.15) is 6.61 Å². The maximum atomic E-state index is 11.0. The molecular formula is C10H12O6. The molecule has 1 aliphatic heterocycles. The number of hydrogen-bond donors (Lipinski definition) is 0. The van der Waals surface area contributed by atoms with E-state index in [-0.39, 0.29) is 6.61 Å². The highest BCUT2D eigenvalue weighted by Crippen LogP contribution is 2.13. The van der Waals surface area contributed by atoms with Gasteiger partial charge in [0.15, 0.2) is 12.2 Å². The summed E-state index contributed by atoms with van der Waals surface area (Å²) in [5, 5.41) is 0. The number of hydrogen-bond acceptors (Lipinski definition) is 6. The van der Waals surface area contributed by atoms with Crippen LogP contribution in [0.25, 0.3) is 0 Å². The van der Waals surface area contributed by atoms with Crippen LogP contribution in [0.2, 0.25) is 0 Å². The molecule has 0 N–H and O–H groups in total. The third kappa shape index (κ3) is 3.72. The summed E-state index contributed by atoms with van der Waals surface area (Å²) >= 11 is 0. The molecule has 88 valence electrons. The van der Waals surface area contributed by atoms with Crippen LogP contribution in [0.3, 0.4) is 0 Å². The molecule has 0 saturated carbocycles. The Labute approximate surface area is 92.2 Å². The third-order valence-corrected chi connectivity index (χ3v) is 1.81. The van der Waals surface area contributed by atoms with E-state index < -0.39 is 30.1 Å². The lowest BCUT2D eigenvalue weighted by Gasteiger charge is -2.26. The highest BCUT2D eigenvalue weighted by molar-refractivity contribution is 5.83. The molecule has 1 rings (SSSR count). The van der Waals surface area contributed by atoms with E-state index in [4.69, 9.17) is 14.2 Å². The highest BCUT2D eigenvalue weighted by atomic mass is 16.6. The van der Waals surface area contributed by atoms with E-state index in [1.54, 1.807) is 0 Å². The van der Waals surface area contributed by atoms with E-state index in [0.717, 1.165) is 6.08 Å². The van der Waals surface area contributed by atoms with Gasteiger partial charge < -0.3 is 14.2 Å². The van der Waals surface area contributed by atoms with E-state index in [2.05, 4.69) is 0 Å². The first-order valence-electron chi connectivity index (χ1n) is 4.68. The molecule has 0 spiro atoms. The zero-order valence-electron chi connectivity index (χ0n) is 8.97. The summed E-state index contributed by atoms with van der Waals surface area (Å²) in [6.07, 6.45) is 1.07. The molecule has 0 bridgehead atoms. The first kappa shape index (κ1) is 12.2. The average Bonchev–Trinajstić information content (AvgIpc) is 2.17. The fourth-order valence-corrected chi connectivity index (χ4v) is 1.19. The summed E-state index contributed by atoms with van der Waals surface area (Å²) in [6, 6.07) is 0. The topological polar surface area (TPSA) is 78.9 Å². The van der Waals surface area contributed by atoms with Gasteiger partial charge in [-0.1, -0.05) is 0 Å². The van der Waals surface area contributed by atoms with Crippen molar-refractivity contribution in [1.82, 2.24) is 0 Å². The van der Waals surface area contributed by atoms with E-state index in [1.807, 2.05) is 0 Å². The number of carbonyl (C=O) groups is 3. The molecule has 16 heavy (non-hydrogen) atoms. The lowest BCUT2D eigenvalue weighted by Crippen LogP contribution is -2.39. The van der Waals surface area contributed by atoms with Gasteiger partial charge in [0.05, 0.1) is 0 Å². The van der Waals surface area contributed by atoms with Crippen molar-refractivity contribution < 1.29 is 28.6 Å². The van der Waals surface area contributed by atoms with E-state index in [0.29, 0.717) is 0 Å². The first-order valence-corrected chi connectivity index (χ1v) is 4.68. The van der Waals surface area contributed by atoms with Crippen molar-refractivity contribution in [2.24, 2.45) is 0 Å². The molecule has 6 heteroatoms. The van der Waals surface area contributed by atoms with Gasteiger partial charge in [-0.2, -0.15) is 0 Å². The summed E-state index contributed by atoms with van der Waals surface area (Å²) in [5.74, 6) is -1.55. The molecule has 1 aliphatic rings. The van der Waals surface area contributed by atoms with Crippen LogP contribution in [-0.4, -0.2) is 36.7 Å². The number of cyclic esters (lactones) is 1. The van der Waals surface area contributed by atoms with E-state index in [1.165, 1.54) is 19.9 Å². The minimum Gasteiger partial charge on any atom is -0.462 e. The Bertz CT molecular complexity index is 332. The summed E-state index contributed by atoms with van der Waals surface area (Å²) in [6.45, 7) is 2.35. The number of carbonyl (C=O) groups excluding carboxylic acids is 3. The van der Waals surface area contributed by atoms with Gasteiger partial charge >= 0.3 is 17.9 Å². The summed E-state index contributed by atoms with van der Waals surface area (Å²) in [5.41, 5.74) is 0. The first-order chi connectivity index (χ1) is 7.49. The molecule has 2 atom stereocenters. The highest BCUT2D eigenvalue weighted by Gasteiger charge is 2.30. The molecule has 0 radical (unpaired) electrons. The van der Waals surface area contributed by atoms with Crippen LogP contribution in [0.4, 0.5) is 0 Å². The molecule has 0 amide bonds. The molecule has 0 fully saturated rings. The molecule has 0 unspecified atom stereocenters. The second-order valence-corrected chi connectivity index (χ2v) is 3.21. The number of ether oxygens (including phenoxy) is 3. The molecule has 0 saturated heterocycles. The predicted octanol–water partition coefficient (Wildman–Crippen LogP) is -0.0372. The van der Waals surface area contributed by atoms with Crippen molar-refractivity contribution in [3.05, 3.63) is 12.2 Å². The van der Waals surface area contributed by atoms with Crippen LogP contribution in [-0.2, 0) is 28.6 Å². The molecular weight excluding hydrogens is 216 g/mol.